The normalized spacial score (nSPS) is 28.3. The number of rotatable bonds is 2. The molecule has 1 N–H and O–H groups in total. The molecule has 1 aromatic rings. The van der Waals surface area contributed by atoms with E-state index in [-0.39, 0.29) is 49.8 Å². The Balaban J connectivity index is 0.00000120. The van der Waals surface area contributed by atoms with Crippen LogP contribution in [0.25, 0.3) is 0 Å². The van der Waals surface area contributed by atoms with Crippen LogP contribution in [0, 0.1) is 37.7 Å². The van der Waals surface area contributed by atoms with Gasteiger partial charge in [-0.2, -0.15) is 0 Å². The van der Waals surface area contributed by atoms with Crippen molar-refractivity contribution < 1.29 is 52.3 Å². The number of ether oxygens (including phenoxy) is 2. The number of aliphatic hydroxyl groups is 1. The Morgan fingerprint density at radius 3 is 2.22 bits per heavy atom. The first-order chi connectivity index (χ1) is 8.26. The van der Waals surface area contributed by atoms with Crippen LogP contribution in [0.3, 0.4) is 0 Å². The zero-order valence-electron chi connectivity index (χ0n) is 10.6. The average molecular weight is 274 g/mol. The molecule has 0 aromatic heterocycles. The zero-order chi connectivity index (χ0) is 12.0. The van der Waals surface area contributed by atoms with Crippen molar-refractivity contribution >= 4 is 0 Å². The summed E-state index contributed by atoms with van der Waals surface area (Å²) in [5, 5.41) is 10.1. The van der Waals surface area contributed by atoms with Gasteiger partial charge < -0.3 is 14.6 Å². The number of aliphatic hydroxyl groups excluding tert-OH is 1. The topological polar surface area (TPSA) is 38.7 Å². The third-order valence-corrected chi connectivity index (χ3v) is 4.24. The van der Waals surface area contributed by atoms with E-state index >= 15 is 0 Å². The van der Waals surface area contributed by atoms with Gasteiger partial charge in [0.05, 0.1) is 20.3 Å². The molecule has 0 heterocycles. The van der Waals surface area contributed by atoms with Crippen LogP contribution >= 0.6 is 0 Å². The minimum Gasteiger partial charge on any atom is -0.496 e. The van der Waals surface area contributed by atoms with E-state index in [4.69, 9.17) is 9.47 Å². The quantitative estimate of drug-likeness (QED) is 0.900. The van der Waals surface area contributed by atoms with Crippen molar-refractivity contribution in [2.45, 2.75) is 37.2 Å². The van der Waals surface area contributed by atoms with Crippen LogP contribution in [-0.4, -0.2) is 25.4 Å². The molecule has 0 radical (unpaired) electrons. The minimum absolute atomic E-state index is 0. The molecule has 0 aliphatic heterocycles. The third kappa shape index (κ3) is 2.05. The summed E-state index contributed by atoms with van der Waals surface area (Å²) in [5.74, 6) is 2.49. The molecule has 18 heavy (non-hydrogen) atoms. The van der Waals surface area contributed by atoms with E-state index in [0.717, 1.165) is 30.8 Å². The summed E-state index contributed by atoms with van der Waals surface area (Å²) >= 11 is 0. The van der Waals surface area contributed by atoms with Crippen molar-refractivity contribution in [3.8, 4) is 11.5 Å². The van der Waals surface area contributed by atoms with Gasteiger partial charge in [-0.3, -0.25) is 0 Å². The van der Waals surface area contributed by atoms with E-state index in [2.05, 4.69) is 0 Å². The van der Waals surface area contributed by atoms with Crippen LogP contribution < -0.4 is 9.47 Å². The number of fused-ring (bicyclic) bond motifs is 2. The molecule has 2 bridgehead atoms. The van der Waals surface area contributed by atoms with E-state index in [9.17, 15) is 5.11 Å². The Kier molecular flexibility index (Phi) is 4.48. The maximum atomic E-state index is 10.1. The fourth-order valence-electron chi connectivity index (χ4n) is 3.50. The monoisotopic (exact) mass is 274 g/mol. The largest absolute Gasteiger partial charge is 0.496 e. The fourth-order valence-corrected chi connectivity index (χ4v) is 3.50. The standard InChI is InChI=1S/C14H18O3.Ar/c1-16-11-5-6-12(17-2)14-9-4-3-8(13(11)14)7-10(9)15;/h5-6,8-10,15H,3-4,7H2,1-2H3;. The maximum Gasteiger partial charge on any atom is 0.122 e. The smallest absolute Gasteiger partial charge is 0.122 e. The van der Waals surface area contributed by atoms with Crippen LogP contribution in [0.2, 0.25) is 0 Å². The van der Waals surface area contributed by atoms with Gasteiger partial charge in [-0.25, -0.2) is 0 Å². The minimum atomic E-state index is -0.220. The van der Waals surface area contributed by atoms with Crippen molar-refractivity contribution in [2.75, 3.05) is 14.2 Å². The molecular weight excluding hydrogens is 256 g/mol. The van der Waals surface area contributed by atoms with E-state index < -0.39 is 0 Å². The average Bonchev–Trinajstić information content (AvgIpc) is 2.37. The summed E-state index contributed by atoms with van der Waals surface area (Å²) in [6.45, 7) is 0. The van der Waals surface area contributed by atoms with Gasteiger partial charge in [0.25, 0.3) is 0 Å². The van der Waals surface area contributed by atoms with Gasteiger partial charge in [0, 0.05) is 54.8 Å². The van der Waals surface area contributed by atoms with Gasteiger partial charge in [-0.05, 0) is 37.3 Å². The Morgan fingerprint density at radius 2 is 1.67 bits per heavy atom. The van der Waals surface area contributed by atoms with Gasteiger partial charge in [0.15, 0.2) is 0 Å². The SMILES string of the molecule is COc1ccc(OC)c2c1C1CCC2C(O)C1.[Ar]. The number of hydrogen-bond donors (Lipinski definition) is 1. The molecule has 1 saturated carbocycles. The second-order valence-electron chi connectivity index (χ2n) is 4.98. The first-order valence-electron chi connectivity index (χ1n) is 6.19. The molecule has 3 atom stereocenters. The van der Waals surface area contributed by atoms with Crippen LogP contribution in [-0.2, 0) is 0 Å². The summed E-state index contributed by atoms with van der Waals surface area (Å²) in [7, 11) is 3.40. The Morgan fingerprint density at radius 1 is 1.06 bits per heavy atom. The first kappa shape index (κ1) is 14.4. The van der Waals surface area contributed by atoms with Gasteiger partial charge in [0.2, 0.25) is 0 Å². The third-order valence-electron chi connectivity index (χ3n) is 4.24. The van der Waals surface area contributed by atoms with Crippen molar-refractivity contribution in [3.63, 3.8) is 0 Å². The molecule has 4 rings (SSSR count). The van der Waals surface area contributed by atoms with Crippen LogP contribution in [0.15, 0.2) is 12.1 Å². The van der Waals surface area contributed by atoms with Crippen LogP contribution in [0.5, 0.6) is 11.5 Å². The molecular formula is C14H18ArO3. The van der Waals surface area contributed by atoms with Crippen LogP contribution in [0.1, 0.15) is 42.2 Å². The summed E-state index contributed by atoms with van der Waals surface area (Å²) in [4.78, 5) is 0. The first-order valence-corrected chi connectivity index (χ1v) is 6.19. The number of benzene rings is 1. The van der Waals surface area contributed by atoms with Gasteiger partial charge in [0.1, 0.15) is 11.5 Å². The Labute approximate surface area is 137 Å². The van der Waals surface area contributed by atoms with E-state index in [1.54, 1.807) is 14.2 Å². The summed E-state index contributed by atoms with van der Waals surface area (Å²) in [6, 6.07) is 3.93. The Bertz CT molecular complexity index is 447. The van der Waals surface area contributed by atoms with Crippen molar-refractivity contribution in [2.24, 2.45) is 0 Å². The zero-order valence-corrected chi connectivity index (χ0v) is 11.3. The predicted molar refractivity (Wildman–Crippen MR) is 64.9 cm³/mol. The molecule has 3 nitrogen and oxygen atoms in total. The van der Waals surface area contributed by atoms with Crippen molar-refractivity contribution in [1.29, 1.82) is 0 Å². The molecule has 1 fully saturated rings. The number of hydrogen-bond acceptors (Lipinski definition) is 3. The Hall–Kier alpha value is 0.0397. The summed E-state index contributed by atoms with van der Waals surface area (Å²) < 4.78 is 10.9. The molecule has 4 heteroatoms. The molecule has 1 aromatic carbocycles. The molecule has 3 aliphatic rings. The summed E-state index contributed by atoms with van der Waals surface area (Å²) in [5.41, 5.74) is 2.45. The van der Waals surface area contributed by atoms with E-state index in [1.807, 2.05) is 12.1 Å². The van der Waals surface area contributed by atoms with Crippen molar-refractivity contribution in [3.05, 3.63) is 23.3 Å². The molecule has 100 valence electrons. The molecule has 3 unspecified atom stereocenters. The van der Waals surface area contributed by atoms with E-state index in [0.29, 0.717) is 5.92 Å². The van der Waals surface area contributed by atoms with E-state index in [1.165, 1.54) is 11.1 Å². The van der Waals surface area contributed by atoms with Gasteiger partial charge >= 0.3 is 0 Å². The molecule has 3 aliphatic carbocycles. The van der Waals surface area contributed by atoms with Crippen LogP contribution in [0.4, 0.5) is 0 Å². The predicted octanol–water partition coefficient (Wildman–Crippen LogP) is 2.43. The second-order valence-corrected chi connectivity index (χ2v) is 4.98. The molecule has 0 spiro atoms. The van der Waals surface area contributed by atoms with Gasteiger partial charge in [-0.1, -0.05) is 0 Å². The summed E-state index contributed by atoms with van der Waals surface area (Å²) in [6.07, 6.45) is 2.85. The number of methoxy groups -OCH3 is 2. The molecule has 0 amide bonds. The van der Waals surface area contributed by atoms with Gasteiger partial charge in [-0.15, -0.1) is 0 Å². The second kappa shape index (κ2) is 5.58. The van der Waals surface area contributed by atoms with Crippen molar-refractivity contribution in [1.82, 2.24) is 0 Å². The molecule has 0 saturated heterocycles. The maximum absolute atomic E-state index is 10.1. The fraction of sp³-hybridized carbons (Fsp3) is 0.571.